The number of rotatable bonds is 6. The van der Waals surface area contributed by atoms with Crippen LogP contribution in [0.25, 0.3) is 0 Å². The third kappa shape index (κ3) is 3.98. The van der Waals surface area contributed by atoms with E-state index < -0.39 is 62.1 Å². The van der Waals surface area contributed by atoms with Crippen LogP contribution >= 0.6 is 10.5 Å². The first kappa shape index (κ1) is 26.2. The molecule has 0 radical (unpaired) electrons. The molecular formula is C23H27F4N7OS. The van der Waals surface area contributed by atoms with Gasteiger partial charge in [0.2, 0.25) is 0 Å². The number of amides is 1. The quantitative estimate of drug-likeness (QED) is 0.339. The Morgan fingerprint density at radius 2 is 1.94 bits per heavy atom. The second-order valence-electron chi connectivity index (χ2n) is 9.54. The van der Waals surface area contributed by atoms with Gasteiger partial charge in [-0.3, -0.25) is 15.1 Å². The molecule has 2 aromatic rings. The van der Waals surface area contributed by atoms with Gasteiger partial charge in [-0.05, 0) is 51.5 Å². The molecule has 3 atom stereocenters. The van der Waals surface area contributed by atoms with E-state index in [0.29, 0.717) is 0 Å². The van der Waals surface area contributed by atoms with Crippen LogP contribution in [-0.2, 0) is 5.54 Å². The Balaban J connectivity index is 1.81. The molecule has 0 aliphatic carbocycles. The number of aryl methyl sites for hydroxylation is 1. The number of nitrogens with zero attached hydrogens (tertiary/aromatic N) is 3. The molecule has 4 rings (SSSR count). The molecule has 2 aliphatic heterocycles. The summed E-state index contributed by atoms with van der Waals surface area (Å²) >= 11 is 0. The zero-order valence-corrected chi connectivity index (χ0v) is 20.9. The predicted octanol–water partition coefficient (Wildman–Crippen LogP) is 2.99. The van der Waals surface area contributed by atoms with Gasteiger partial charge in [0.1, 0.15) is 45.1 Å². The Morgan fingerprint density at radius 1 is 1.25 bits per heavy atom. The minimum atomic E-state index is -3.28. The normalized spacial score (nSPS) is 26.8. The highest BCUT2D eigenvalue weighted by Crippen LogP contribution is 2.62. The summed E-state index contributed by atoms with van der Waals surface area (Å²) in [5, 5.41) is 5.50. The third-order valence-corrected chi connectivity index (χ3v) is 9.77. The third-order valence-electron chi connectivity index (χ3n) is 6.70. The molecule has 0 spiro atoms. The van der Waals surface area contributed by atoms with Crippen molar-refractivity contribution in [1.29, 1.82) is 0 Å². The number of hydrogen-bond donors (Lipinski definition) is 4. The molecule has 6 N–H and O–H groups in total. The molecular weight excluding hydrogens is 498 g/mol. The molecule has 194 valence electrons. The highest BCUT2D eigenvalue weighted by atomic mass is 32.2. The number of aromatic nitrogens is 2. The number of alkyl halides is 2. The van der Waals surface area contributed by atoms with Crippen LogP contribution in [0, 0.1) is 18.6 Å². The monoisotopic (exact) mass is 525 g/mol. The molecule has 0 aromatic carbocycles. The molecule has 2 aliphatic rings. The van der Waals surface area contributed by atoms with Crippen LogP contribution < -0.4 is 22.1 Å². The van der Waals surface area contributed by atoms with Crippen molar-refractivity contribution >= 4 is 33.5 Å². The highest BCUT2D eigenvalue weighted by molar-refractivity contribution is 8.19. The number of pyridine rings is 2. The van der Waals surface area contributed by atoms with Gasteiger partial charge in [-0.2, -0.15) is 0 Å². The molecule has 1 amide bonds. The maximum Gasteiger partial charge on any atom is 0.275 e. The van der Waals surface area contributed by atoms with Crippen molar-refractivity contribution in [2.75, 3.05) is 11.9 Å². The Morgan fingerprint density at radius 3 is 2.53 bits per heavy atom. The van der Waals surface area contributed by atoms with E-state index in [0.717, 1.165) is 18.3 Å². The Bertz CT molecular complexity index is 1320. The number of fused-ring (bicyclic) bond motifs is 1. The first-order valence-corrected chi connectivity index (χ1v) is 12.3. The van der Waals surface area contributed by atoms with Gasteiger partial charge in [0.05, 0.1) is 17.5 Å². The summed E-state index contributed by atoms with van der Waals surface area (Å²) in [6.45, 7) is 5.68. The Kier molecular flexibility index (Phi) is 6.25. The summed E-state index contributed by atoms with van der Waals surface area (Å²) in [4.78, 5) is 23.9. The molecule has 1 unspecified atom stereocenters. The summed E-state index contributed by atoms with van der Waals surface area (Å²) in [5.74, 6) is -5.29. The highest BCUT2D eigenvalue weighted by Gasteiger charge is 2.66. The standard InChI is InChI=1S/C23H27F4N7OS/c1-12-7-13(24)8-30-16(12)18(35)33-15-6-5-14(25)17(32-15)21(4)23(9-22(26,27)10-28)31-11-36(23)20(2,3)19(29)34-21/h5-8,11,31H,9-10,28H2,1-4H3,(H2,29,34)(H,32,33,35)/t21-,23-,36?/m1/s1. The van der Waals surface area contributed by atoms with Crippen LogP contribution in [0.1, 0.15) is 48.9 Å². The van der Waals surface area contributed by atoms with Gasteiger partial charge >= 0.3 is 0 Å². The summed E-state index contributed by atoms with van der Waals surface area (Å²) in [6.07, 6.45) is 0.165. The molecule has 0 bridgehead atoms. The lowest BCUT2D eigenvalue weighted by Gasteiger charge is -2.60. The number of nitrogens with two attached hydrogens (primary N) is 2. The fraction of sp³-hybridized carbons (Fsp3) is 0.435. The number of halogens is 4. The van der Waals surface area contributed by atoms with E-state index in [2.05, 4.69) is 25.6 Å². The number of amidine groups is 1. The number of anilines is 1. The first-order chi connectivity index (χ1) is 16.7. The van der Waals surface area contributed by atoms with Gasteiger partial charge in [-0.1, -0.05) is 0 Å². The predicted molar refractivity (Wildman–Crippen MR) is 132 cm³/mol. The van der Waals surface area contributed by atoms with Crippen molar-refractivity contribution in [3.63, 3.8) is 0 Å². The molecule has 36 heavy (non-hydrogen) atoms. The van der Waals surface area contributed by atoms with Crippen molar-refractivity contribution in [2.45, 2.75) is 55.2 Å². The summed E-state index contributed by atoms with van der Waals surface area (Å²) in [5.41, 5.74) is 11.6. The zero-order valence-electron chi connectivity index (χ0n) is 20.1. The van der Waals surface area contributed by atoms with Gasteiger partial charge in [0, 0.05) is 11.9 Å². The average molecular weight is 526 g/mol. The Hall–Kier alpha value is -2.90. The number of aliphatic imine (C=N–C) groups is 1. The van der Waals surface area contributed by atoms with Crippen molar-refractivity contribution < 1.29 is 22.4 Å². The lowest BCUT2D eigenvalue weighted by molar-refractivity contribution is -0.0207. The van der Waals surface area contributed by atoms with Crippen LogP contribution in [0.2, 0.25) is 0 Å². The van der Waals surface area contributed by atoms with Gasteiger partial charge in [0.15, 0.2) is 0 Å². The average Bonchev–Trinajstić information content (AvgIpc) is 2.76. The lowest BCUT2D eigenvalue weighted by Crippen LogP contribution is -2.71. The van der Waals surface area contributed by atoms with Gasteiger partial charge in [-0.15, -0.1) is 10.5 Å². The van der Waals surface area contributed by atoms with E-state index in [4.69, 9.17) is 11.5 Å². The van der Waals surface area contributed by atoms with E-state index in [1.165, 1.54) is 19.9 Å². The van der Waals surface area contributed by atoms with E-state index in [-0.39, 0.29) is 28.6 Å². The summed E-state index contributed by atoms with van der Waals surface area (Å²) in [7, 11) is -0.899. The van der Waals surface area contributed by atoms with Crippen molar-refractivity contribution in [3.05, 3.63) is 53.0 Å². The second-order valence-corrected chi connectivity index (χ2v) is 12.2. The van der Waals surface area contributed by atoms with Crippen LogP contribution in [0.3, 0.4) is 0 Å². The number of hydrogen-bond acceptors (Lipinski definition) is 7. The maximum atomic E-state index is 15.3. The SMILES string of the molecule is Cc1cc(F)cnc1C(=O)Nc1ccc(F)c([C@@]2(C)N=C(N)C(C)(C)S3=CN[C@]32CC(F)(F)CN)n1. The van der Waals surface area contributed by atoms with E-state index in [9.17, 15) is 18.0 Å². The maximum absolute atomic E-state index is 15.3. The number of nitrogens with one attached hydrogen (secondary N) is 2. The zero-order chi connectivity index (χ0) is 26.7. The van der Waals surface area contributed by atoms with Gasteiger partial charge in [-0.25, -0.2) is 27.5 Å². The summed E-state index contributed by atoms with van der Waals surface area (Å²) in [6, 6.07) is 3.43. The lowest BCUT2D eigenvalue weighted by atomic mass is 9.82. The largest absolute Gasteiger partial charge is 0.386 e. The van der Waals surface area contributed by atoms with Crippen LogP contribution in [0.4, 0.5) is 23.4 Å². The molecule has 8 nitrogen and oxygen atoms in total. The van der Waals surface area contributed by atoms with Crippen LogP contribution in [-0.4, -0.2) is 49.3 Å². The molecule has 13 heteroatoms. The minimum Gasteiger partial charge on any atom is -0.386 e. The van der Waals surface area contributed by atoms with Crippen molar-refractivity contribution in [2.24, 2.45) is 16.5 Å². The van der Waals surface area contributed by atoms with Crippen molar-refractivity contribution in [1.82, 2.24) is 15.3 Å². The fourth-order valence-corrected chi connectivity index (χ4v) is 7.46. The van der Waals surface area contributed by atoms with E-state index >= 15 is 4.39 Å². The van der Waals surface area contributed by atoms with Crippen molar-refractivity contribution in [3.8, 4) is 0 Å². The van der Waals surface area contributed by atoms with Gasteiger partial charge < -0.3 is 16.8 Å². The minimum absolute atomic E-state index is 0.0483. The smallest absolute Gasteiger partial charge is 0.275 e. The van der Waals surface area contributed by atoms with E-state index in [1.54, 1.807) is 19.3 Å². The molecule has 0 saturated carbocycles. The van der Waals surface area contributed by atoms with E-state index in [1.807, 2.05) is 0 Å². The van der Waals surface area contributed by atoms with Crippen LogP contribution in [0.15, 0.2) is 29.4 Å². The fourth-order valence-electron chi connectivity index (χ4n) is 4.56. The van der Waals surface area contributed by atoms with Gasteiger partial charge in [0.25, 0.3) is 11.8 Å². The molecule has 0 fully saturated rings. The summed E-state index contributed by atoms with van der Waals surface area (Å²) < 4.78 is 57.4. The Labute approximate surface area is 207 Å². The second kappa shape index (κ2) is 8.60. The number of carbonyl (C=O) groups excluding carboxylic acids is 1. The molecule has 4 heterocycles. The van der Waals surface area contributed by atoms with Crippen LogP contribution in [0.5, 0.6) is 0 Å². The first-order valence-electron chi connectivity index (χ1n) is 11.1. The number of carbonyl (C=O) groups is 1. The molecule has 2 aromatic heterocycles. The topological polar surface area (TPSA) is 131 Å². The molecule has 0 saturated heterocycles.